The molecule has 0 radical (unpaired) electrons. The summed E-state index contributed by atoms with van der Waals surface area (Å²) in [5.74, 6) is -1.34. The molecular formula is C15H14N2O3. The first-order valence-corrected chi connectivity index (χ1v) is 5.75. The SMILES string of the molecule is NC(=O)c1ccncc1.O=C(O)/C=C/c1ccccc1. The van der Waals surface area contributed by atoms with E-state index in [9.17, 15) is 9.59 Å². The minimum atomic E-state index is -0.922. The lowest BCUT2D eigenvalue weighted by atomic mass is 10.2. The second-order valence-electron chi connectivity index (χ2n) is 3.68. The smallest absolute Gasteiger partial charge is 0.328 e. The van der Waals surface area contributed by atoms with Crippen LogP contribution in [0.5, 0.6) is 0 Å². The van der Waals surface area contributed by atoms with E-state index in [1.165, 1.54) is 12.4 Å². The largest absolute Gasteiger partial charge is 0.478 e. The maximum atomic E-state index is 10.4. The standard InChI is InChI=1S/C9H8O2.C6H6N2O/c10-9(11)7-6-8-4-2-1-3-5-8;7-6(9)5-1-3-8-4-2-5/h1-7H,(H,10,11);1-4H,(H2,7,9)/b7-6+;. The number of pyridine rings is 1. The second-order valence-corrected chi connectivity index (χ2v) is 3.68. The molecule has 0 aliphatic rings. The molecule has 1 heterocycles. The fourth-order valence-electron chi connectivity index (χ4n) is 1.25. The summed E-state index contributed by atoms with van der Waals surface area (Å²) in [6.07, 6.45) is 5.73. The van der Waals surface area contributed by atoms with Gasteiger partial charge in [0.25, 0.3) is 0 Å². The first-order chi connectivity index (χ1) is 9.59. The zero-order valence-corrected chi connectivity index (χ0v) is 10.6. The van der Waals surface area contributed by atoms with Gasteiger partial charge < -0.3 is 10.8 Å². The Kier molecular flexibility index (Phi) is 6.20. The number of amides is 1. The molecule has 102 valence electrons. The van der Waals surface area contributed by atoms with Gasteiger partial charge in [-0.3, -0.25) is 9.78 Å². The Hall–Kier alpha value is -2.95. The van der Waals surface area contributed by atoms with E-state index in [1.54, 1.807) is 18.2 Å². The molecule has 0 unspecified atom stereocenters. The topological polar surface area (TPSA) is 93.3 Å². The van der Waals surface area contributed by atoms with Crippen LogP contribution in [0.4, 0.5) is 0 Å². The van der Waals surface area contributed by atoms with Gasteiger partial charge in [-0.15, -0.1) is 0 Å². The Morgan fingerprint density at radius 3 is 2.10 bits per heavy atom. The molecule has 2 rings (SSSR count). The Balaban J connectivity index is 0.000000204. The summed E-state index contributed by atoms with van der Waals surface area (Å²) >= 11 is 0. The van der Waals surface area contributed by atoms with Gasteiger partial charge in [-0.25, -0.2) is 4.79 Å². The number of benzene rings is 1. The molecule has 1 aromatic heterocycles. The Morgan fingerprint density at radius 2 is 1.65 bits per heavy atom. The van der Waals surface area contributed by atoms with E-state index < -0.39 is 11.9 Å². The molecule has 5 nitrogen and oxygen atoms in total. The molecule has 1 aromatic carbocycles. The van der Waals surface area contributed by atoms with Gasteiger partial charge in [0.2, 0.25) is 5.91 Å². The molecule has 0 atom stereocenters. The number of primary amides is 1. The van der Waals surface area contributed by atoms with Crippen LogP contribution in [0.2, 0.25) is 0 Å². The van der Waals surface area contributed by atoms with E-state index in [4.69, 9.17) is 10.8 Å². The number of nitrogens with zero attached hydrogens (tertiary/aromatic N) is 1. The van der Waals surface area contributed by atoms with Crippen LogP contribution in [-0.4, -0.2) is 22.0 Å². The van der Waals surface area contributed by atoms with Crippen molar-refractivity contribution in [3.63, 3.8) is 0 Å². The number of carboxylic acid groups (broad SMARTS) is 1. The number of carboxylic acids is 1. The molecule has 1 amide bonds. The third-order valence-electron chi connectivity index (χ3n) is 2.18. The van der Waals surface area contributed by atoms with Crippen molar-refractivity contribution in [3.05, 3.63) is 72.1 Å². The number of hydrogen-bond donors (Lipinski definition) is 2. The van der Waals surface area contributed by atoms with Crippen molar-refractivity contribution in [3.8, 4) is 0 Å². The lowest BCUT2D eigenvalue weighted by molar-refractivity contribution is -0.131. The Bertz CT molecular complexity index is 581. The number of hydrogen-bond acceptors (Lipinski definition) is 3. The highest BCUT2D eigenvalue weighted by atomic mass is 16.4. The summed E-state index contributed by atoms with van der Waals surface area (Å²) in [5, 5.41) is 8.29. The molecule has 0 spiro atoms. The van der Waals surface area contributed by atoms with Crippen molar-refractivity contribution >= 4 is 18.0 Å². The monoisotopic (exact) mass is 270 g/mol. The number of aromatic nitrogens is 1. The Morgan fingerprint density at radius 1 is 1.05 bits per heavy atom. The third kappa shape index (κ3) is 6.11. The number of aliphatic carboxylic acids is 1. The molecule has 0 aliphatic heterocycles. The molecule has 0 aliphatic carbocycles. The van der Waals surface area contributed by atoms with Crippen molar-refractivity contribution < 1.29 is 14.7 Å². The van der Waals surface area contributed by atoms with E-state index in [2.05, 4.69) is 4.98 Å². The van der Waals surface area contributed by atoms with Gasteiger partial charge in [-0.05, 0) is 23.8 Å². The van der Waals surface area contributed by atoms with Crippen molar-refractivity contribution in [2.45, 2.75) is 0 Å². The summed E-state index contributed by atoms with van der Waals surface area (Å²) in [7, 11) is 0. The molecule has 2 aromatic rings. The fraction of sp³-hybridized carbons (Fsp3) is 0. The maximum Gasteiger partial charge on any atom is 0.328 e. The number of carbonyl (C=O) groups excluding carboxylic acids is 1. The minimum Gasteiger partial charge on any atom is -0.478 e. The number of rotatable bonds is 3. The predicted octanol–water partition coefficient (Wildman–Crippen LogP) is 1.96. The van der Waals surface area contributed by atoms with E-state index in [0.29, 0.717) is 5.56 Å². The van der Waals surface area contributed by atoms with E-state index >= 15 is 0 Å². The van der Waals surface area contributed by atoms with Crippen LogP contribution in [0, 0.1) is 0 Å². The molecule has 3 N–H and O–H groups in total. The zero-order valence-electron chi connectivity index (χ0n) is 10.6. The maximum absolute atomic E-state index is 10.4. The van der Waals surface area contributed by atoms with E-state index in [-0.39, 0.29) is 0 Å². The van der Waals surface area contributed by atoms with Crippen LogP contribution in [-0.2, 0) is 4.79 Å². The van der Waals surface area contributed by atoms with Gasteiger partial charge in [0.05, 0.1) is 0 Å². The van der Waals surface area contributed by atoms with Gasteiger partial charge in [0.15, 0.2) is 0 Å². The van der Waals surface area contributed by atoms with Crippen LogP contribution in [0.25, 0.3) is 6.08 Å². The van der Waals surface area contributed by atoms with Crippen LogP contribution < -0.4 is 5.73 Å². The molecule has 20 heavy (non-hydrogen) atoms. The first-order valence-electron chi connectivity index (χ1n) is 5.75. The Labute approximate surface area is 116 Å². The summed E-state index contributed by atoms with van der Waals surface area (Å²) in [5.41, 5.74) is 6.34. The lowest BCUT2D eigenvalue weighted by Gasteiger charge is -1.88. The zero-order chi connectivity index (χ0) is 14.8. The van der Waals surface area contributed by atoms with Gasteiger partial charge in [-0.1, -0.05) is 30.3 Å². The third-order valence-corrected chi connectivity index (χ3v) is 2.18. The number of nitrogens with two attached hydrogens (primary N) is 1. The highest BCUT2D eigenvalue weighted by Gasteiger charge is 1.94. The van der Waals surface area contributed by atoms with Gasteiger partial charge in [-0.2, -0.15) is 0 Å². The van der Waals surface area contributed by atoms with Crippen LogP contribution in [0.15, 0.2) is 60.9 Å². The van der Waals surface area contributed by atoms with Crippen LogP contribution in [0.1, 0.15) is 15.9 Å². The molecule has 0 bridgehead atoms. The predicted molar refractivity (Wildman–Crippen MR) is 75.9 cm³/mol. The highest BCUT2D eigenvalue weighted by molar-refractivity contribution is 5.92. The summed E-state index contributed by atoms with van der Waals surface area (Å²) < 4.78 is 0. The van der Waals surface area contributed by atoms with E-state index in [0.717, 1.165) is 11.6 Å². The molecule has 0 saturated heterocycles. The van der Waals surface area contributed by atoms with E-state index in [1.807, 2.05) is 30.3 Å². The summed E-state index contributed by atoms with van der Waals surface area (Å²) in [6, 6.07) is 12.4. The fourth-order valence-corrected chi connectivity index (χ4v) is 1.25. The summed E-state index contributed by atoms with van der Waals surface area (Å²) in [4.78, 5) is 24.2. The molecule has 0 saturated carbocycles. The molecule has 5 heteroatoms. The molecular weight excluding hydrogens is 256 g/mol. The quantitative estimate of drug-likeness (QED) is 0.834. The number of carbonyl (C=O) groups is 2. The van der Waals surface area contributed by atoms with Crippen LogP contribution in [0.3, 0.4) is 0 Å². The van der Waals surface area contributed by atoms with Crippen molar-refractivity contribution in [1.29, 1.82) is 0 Å². The van der Waals surface area contributed by atoms with Crippen molar-refractivity contribution in [2.24, 2.45) is 5.73 Å². The minimum absolute atomic E-state index is 0.419. The van der Waals surface area contributed by atoms with Gasteiger partial charge in [0, 0.05) is 24.0 Å². The molecule has 0 fully saturated rings. The summed E-state index contributed by atoms with van der Waals surface area (Å²) in [6.45, 7) is 0. The average molecular weight is 270 g/mol. The first kappa shape index (κ1) is 15.1. The highest BCUT2D eigenvalue weighted by Crippen LogP contribution is 1.99. The van der Waals surface area contributed by atoms with Crippen molar-refractivity contribution in [2.75, 3.05) is 0 Å². The second kappa shape index (κ2) is 8.20. The average Bonchev–Trinajstić information content (AvgIpc) is 2.48. The van der Waals surface area contributed by atoms with Gasteiger partial charge >= 0.3 is 5.97 Å². The lowest BCUT2D eigenvalue weighted by Crippen LogP contribution is -2.10. The normalized spacial score (nSPS) is 9.60. The van der Waals surface area contributed by atoms with Crippen molar-refractivity contribution in [1.82, 2.24) is 4.98 Å². The van der Waals surface area contributed by atoms with Crippen LogP contribution >= 0.6 is 0 Å². The van der Waals surface area contributed by atoms with Gasteiger partial charge in [0.1, 0.15) is 0 Å².